The third-order valence-electron chi connectivity index (χ3n) is 3.58. The van der Waals surface area contributed by atoms with Gasteiger partial charge >= 0.3 is 12.3 Å². The summed E-state index contributed by atoms with van der Waals surface area (Å²) in [4.78, 5) is 19.1. The smallest absolute Gasteiger partial charge is 0.465 e. The van der Waals surface area contributed by atoms with Gasteiger partial charge in [-0.3, -0.25) is 0 Å². The number of ether oxygens (including phenoxy) is 2. The van der Waals surface area contributed by atoms with Crippen LogP contribution in [-0.4, -0.2) is 29.4 Å². The summed E-state index contributed by atoms with van der Waals surface area (Å²) in [5.41, 5.74) is 2.91. The van der Waals surface area contributed by atoms with Crippen LogP contribution in [0.3, 0.4) is 0 Å². The predicted molar refractivity (Wildman–Crippen MR) is 88.6 cm³/mol. The Labute approximate surface area is 145 Å². The minimum Gasteiger partial charge on any atom is -0.465 e. The molecule has 0 aliphatic carbocycles. The Morgan fingerprint density at radius 3 is 2.50 bits per heavy atom. The first kappa shape index (κ1) is 17.6. The Kier molecular flexibility index (Phi) is 4.45. The first-order valence-electron chi connectivity index (χ1n) is 7.46. The van der Waals surface area contributed by atoms with E-state index in [0.29, 0.717) is 28.2 Å². The van der Waals surface area contributed by atoms with Gasteiger partial charge in [-0.25, -0.2) is 9.78 Å². The van der Waals surface area contributed by atoms with Crippen LogP contribution >= 0.6 is 0 Å². The molecule has 0 spiro atoms. The van der Waals surface area contributed by atoms with E-state index in [4.69, 9.17) is 4.74 Å². The minimum absolute atomic E-state index is 0.314. The van der Waals surface area contributed by atoms with Crippen LogP contribution in [0.2, 0.25) is 0 Å². The Hall–Kier alpha value is -3.23. The number of alkyl halides is 3. The first-order chi connectivity index (χ1) is 12.2. The van der Waals surface area contributed by atoms with Gasteiger partial charge in [-0.05, 0) is 48.9 Å². The van der Waals surface area contributed by atoms with Crippen molar-refractivity contribution in [1.29, 1.82) is 0 Å². The monoisotopic (exact) mass is 365 g/mol. The summed E-state index contributed by atoms with van der Waals surface area (Å²) in [6.45, 7) is 1.78. The van der Waals surface area contributed by atoms with E-state index in [2.05, 4.69) is 20.0 Å². The van der Waals surface area contributed by atoms with Crippen LogP contribution in [0.5, 0.6) is 5.75 Å². The molecule has 3 aromatic rings. The number of imidazole rings is 1. The SMILES string of the molecule is COC(=O)c1cc2nc(Nc3ccc(OC(F)(F)F)cc3)[nH]c2cc1C. The molecule has 1 heterocycles. The molecule has 3 rings (SSSR count). The average Bonchev–Trinajstić information content (AvgIpc) is 2.95. The lowest BCUT2D eigenvalue weighted by molar-refractivity contribution is -0.274. The number of aryl methyl sites for hydroxylation is 1. The van der Waals surface area contributed by atoms with Gasteiger partial charge < -0.3 is 19.8 Å². The molecule has 1 aromatic heterocycles. The van der Waals surface area contributed by atoms with E-state index in [1.54, 1.807) is 19.1 Å². The van der Waals surface area contributed by atoms with Crippen molar-refractivity contribution in [2.45, 2.75) is 13.3 Å². The molecule has 2 aromatic carbocycles. The van der Waals surface area contributed by atoms with Gasteiger partial charge in [0.25, 0.3) is 0 Å². The number of aromatic amines is 1. The molecule has 0 saturated heterocycles. The lowest BCUT2D eigenvalue weighted by Crippen LogP contribution is -2.16. The molecule has 9 heteroatoms. The molecule has 26 heavy (non-hydrogen) atoms. The van der Waals surface area contributed by atoms with Crippen molar-refractivity contribution >= 4 is 28.6 Å². The number of nitrogens with one attached hydrogen (secondary N) is 2. The topological polar surface area (TPSA) is 76.2 Å². The highest BCUT2D eigenvalue weighted by molar-refractivity contribution is 5.95. The number of carbonyl (C=O) groups is 1. The number of fused-ring (bicyclic) bond motifs is 1. The number of carbonyl (C=O) groups excluding carboxylic acids is 1. The summed E-state index contributed by atoms with van der Waals surface area (Å²) in [5.74, 6) is -0.390. The lowest BCUT2D eigenvalue weighted by atomic mass is 10.1. The number of aromatic nitrogens is 2. The van der Waals surface area contributed by atoms with E-state index in [-0.39, 0.29) is 5.75 Å². The molecule has 136 valence electrons. The summed E-state index contributed by atoms with van der Waals surface area (Å²) >= 11 is 0. The third kappa shape index (κ3) is 3.88. The maximum absolute atomic E-state index is 12.2. The van der Waals surface area contributed by atoms with Gasteiger partial charge in [-0.15, -0.1) is 13.2 Å². The Balaban J connectivity index is 1.82. The second-order valence-electron chi connectivity index (χ2n) is 5.46. The summed E-state index contributed by atoms with van der Waals surface area (Å²) < 4.78 is 45.1. The first-order valence-corrected chi connectivity index (χ1v) is 7.46. The van der Waals surface area contributed by atoms with Crippen molar-refractivity contribution in [3.63, 3.8) is 0 Å². The van der Waals surface area contributed by atoms with Gasteiger partial charge in [0, 0.05) is 5.69 Å². The second kappa shape index (κ2) is 6.58. The molecular weight excluding hydrogens is 351 g/mol. The van der Waals surface area contributed by atoms with Gasteiger partial charge in [0.15, 0.2) is 0 Å². The van der Waals surface area contributed by atoms with Crippen molar-refractivity contribution in [3.8, 4) is 5.75 Å². The van der Waals surface area contributed by atoms with Gasteiger partial charge in [0.2, 0.25) is 5.95 Å². The molecule has 0 bridgehead atoms. The van der Waals surface area contributed by atoms with Crippen LogP contribution in [0.4, 0.5) is 24.8 Å². The number of methoxy groups -OCH3 is 1. The number of rotatable bonds is 4. The van der Waals surface area contributed by atoms with Gasteiger partial charge in [0.1, 0.15) is 5.75 Å². The zero-order valence-electron chi connectivity index (χ0n) is 13.8. The van der Waals surface area contributed by atoms with Crippen molar-refractivity contribution in [3.05, 3.63) is 47.5 Å². The number of hydrogen-bond acceptors (Lipinski definition) is 5. The fourth-order valence-corrected chi connectivity index (χ4v) is 2.43. The van der Waals surface area contributed by atoms with Crippen LogP contribution in [0, 0.1) is 6.92 Å². The third-order valence-corrected chi connectivity index (χ3v) is 3.58. The highest BCUT2D eigenvalue weighted by atomic mass is 19.4. The number of nitrogens with zero attached hydrogens (tertiary/aromatic N) is 1. The van der Waals surface area contributed by atoms with Crippen LogP contribution < -0.4 is 10.1 Å². The average molecular weight is 365 g/mol. The Bertz CT molecular complexity index is 950. The standard InChI is InChI=1S/C17H14F3N3O3/c1-9-7-13-14(8-12(9)15(24)25-2)23-16(22-13)21-10-3-5-11(6-4-10)26-17(18,19)20/h3-8H,1-2H3,(H2,21,22,23). The van der Waals surface area contributed by atoms with Crippen molar-refractivity contribution < 1.29 is 27.4 Å². The molecule has 0 atom stereocenters. The van der Waals surface area contributed by atoms with E-state index in [0.717, 1.165) is 5.56 Å². The Morgan fingerprint density at radius 2 is 1.88 bits per heavy atom. The van der Waals surface area contributed by atoms with Gasteiger partial charge in [-0.1, -0.05) is 0 Å². The van der Waals surface area contributed by atoms with Crippen molar-refractivity contribution in [2.75, 3.05) is 12.4 Å². The number of benzene rings is 2. The number of anilines is 2. The zero-order valence-corrected chi connectivity index (χ0v) is 13.8. The molecule has 0 amide bonds. The molecule has 0 saturated carbocycles. The maximum atomic E-state index is 12.2. The maximum Gasteiger partial charge on any atom is 0.573 e. The molecule has 2 N–H and O–H groups in total. The normalized spacial score (nSPS) is 11.4. The van der Waals surface area contributed by atoms with E-state index in [1.165, 1.54) is 31.4 Å². The molecule has 0 unspecified atom stereocenters. The van der Waals surface area contributed by atoms with Crippen molar-refractivity contribution in [2.24, 2.45) is 0 Å². The predicted octanol–water partition coefficient (Wildman–Crippen LogP) is 4.30. The van der Waals surface area contributed by atoms with Crippen LogP contribution in [0.1, 0.15) is 15.9 Å². The number of esters is 1. The molecule has 0 fully saturated rings. The van der Waals surface area contributed by atoms with Crippen LogP contribution in [0.25, 0.3) is 11.0 Å². The van der Waals surface area contributed by atoms with E-state index >= 15 is 0 Å². The fraction of sp³-hybridized carbons (Fsp3) is 0.176. The highest BCUT2D eigenvalue weighted by Gasteiger charge is 2.30. The zero-order chi connectivity index (χ0) is 18.9. The van der Waals surface area contributed by atoms with E-state index in [9.17, 15) is 18.0 Å². The van der Waals surface area contributed by atoms with Crippen molar-refractivity contribution in [1.82, 2.24) is 9.97 Å². The summed E-state index contributed by atoms with van der Waals surface area (Å²) in [6, 6.07) is 8.62. The number of halogens is 3. The summed E-state index contributed by atoms with van der Waals surface area (Å²) in [6.07, 6.45) is -4.73. The Morgan fingerprint density at radius 1 is 1.19 bits per heavy atom. The van der Waals surface area contributed by atoms with Gasteiger partial charge in [0.05, 0.1) is 23.7 Å². The number of hydrogen-bond donors (Lipinski definition) is 2. The largest absolute Gasteiger partial charge is 0.573 e. The quantitative estimate of drug-likeness (QED) is 0.674. The molecular formula is C17H14F3N3O3. The number of H-pyrrole nitrogens is 1. The van der Waals surface area contributed by atoms with E-state index < -0.39 is 12.3 Å². The summed E-state index contributed by atoms with van der Waals surface area (Å²) in [7, 11) is 1.30. The molecule has 0 radical (unpaired) electrons. The summed E-state index contributed by atoms with van der Waals surface area (Å²) in [5, 5.41) is 2.95. The highest BCUT2D eigenvalue weighted by Crippen LogP contribution is 2.26. The van der Waals surface area contributed by atoms with E-state index in [1.807, 2.05) is 0 Å². The molecule has 0 aliphatic heterocycles. The van der Waals surface area contributed by atoms with Gasteiger partial charge in [-0.2, -0.15) is 0 Å². The van der Waals surface area contributed by atoms with Crippen LogP contribution in [0.15, 0.2) is 36.4 Å². The molecule has 0 aliphatic rings. The van der Waals surface area contributed by atoms with Crippen LogP contribution in [-0.2, 0) is 4.74 Å². The second-order valence-corrected chi connectivity index (χ2v) is 5.46. The molecule has 6 nitrogen and oxygen atoms in total. The lowest BCUT2D eigenvalue weighted by Gasteiger charge is -2.09. The minimum atomic E-state index is -4.73. The fourth-order valence-electron chi connectivity index (χ4n) is 2.43.